The van der Waals surface area contributed by atoms with E-state index in [9.17, 15) is 5.11 Å². The molecule has 100 valence electrons. The summed E-state index contributed by atoms with van der Waals surface area (Å²) >= 11 is 0. The Kier molecular flexibility index (Phi) is 2.87. The van der Waals surface area contributed by atoms with Crippen LogP contribution in [0.1, 0.15) is 5.56 Å². The van der Waals surface area contributed by atoms with Crippen LogP contribution in [-0.4, -0.2) is 10.1 Å². The molecule has 0 aliphatic carbocycles. The van der Waals surface area contributed by atoms with Gasteiger partial charge in [0.05, 0.1) is 16.6 Å². The number of phenols is 1. The van der Waals surface area contributed by atoms with Crippen LogP contribution in [0.25, 0.3) is 22.2 Å². The predicted molar refractivity (Wildman–Crippen MR) is 75.6 cm³/mol. The molecule has 2 aromatic heterocycles. The van der Waals surface area contributed by atoms with Crippen molar-refractivity contribution in [3.63, 3.8) is 0 Å². The Morgan fingerprint density at radius 3 is 2.85 bits per heavy atom. The van der Waals surface area contributed by atoms with Crippen LogP contribution in [0.2, 0.25) is 0 Å². The maximum Gasteiger partial charge on any atom is 0.140 e. The smallest absolute Gasteiger partial charge is 0.140 e. The van der Waals surface area contributed by atoms with Gasteiger partial charge < -0.3 is 15.4 Å². The first-order valence-corrected chi connectivity index (χ1v) is 6.11. The van der Waals surface area contributed by atoms with E-state index < -0.39 is 0 Å². The second-order valence-corrected chi connectivity index (χ2v) is 4.50. The fraction of sp³-hybridized carbons (Fsp3) is 0.0667. The van der Waals surface area contributed by atoms with E-state index in [0.717, 1.165) is 5.56 Å². The highest BCUT2D eigenvalue weighted by molar-refractivity contribution is 5.86. The Hall–Kier alpha value is -2.82. The monoisotopic (exact) mass is 267 g/mol. The molecular weight excluding hydrogens is 254 g/mol. The topological polar surface area (TPSA) is 84.6 Å². The van der Waals surface area contributed by atoms with Crippen LogP contribution in [0.15, 0.2) is 52.3 Å². The largest absolute Gasteiger partial charge is 0.507 e. The van der Waals surface area contributed by atoms with Crippen molar-refractivity contribution in [3.8, 4) is 17.0 Å². The Morgan fingerprint density at radius 2 is 2.15 bits per heavy atom. The van der Waals surface area contributed by atoms with Crippen LogP contribution in [0.4, 0.5) is 0 Å². The molecular formula is C15H13N3O2. The van der Waals surface area contributed by atoms with Crippen molar-refractivity contribution in [1.82, 2.24) is 4.98 Å². The fourth-order valence-corrected chi connectivity index (χ4v) is 2.22. The molecule has 0 saturated carbocycles. The summed E-state index contributed by atoms with van der Waals surface area (Å²) in [6, 6.07) is 8.99. The van der Waals surface area contributed by atoms with Gasteiger partial charge in [-0.05, 0) is 36.8 Å². The maximum absolute atomic E-state index is 10.1. The summed E-state index contributed by atoms with van der Waals surface area (Å²) in [5, 5.41) is 14.9. The van der Waals surface area contributed by atoms with Crippen LogP contribution < -0.4 is 11.2 Å². The summed E-state index contributed by atoms with van der Waals surface area (Å²) in [5.74, 6) is 5.59. The molecule has 3 aromatic rings. The Bertz CT molecular complexity index is 839. The molecule has 0 spiro atoms. The van der Waals surface area contributed by atoms with Gasteiger partial charge in [0.2, 0.25) is 0 Å². The second-order valence-electron chi connectivity index (χ2n) is 4.50. The molecule has 0 fully saturated rings. The number of rotatable bonds is 1. The van der Waals surface area contributed by atoms with E-state index in [-0.39, 0.29) is 5.75 Å². The van der Waals surface area contributed by atoms with Gasteiger partial charge in [0, 0.05) is 6.20 Å². The molecule has 0 aliphatic rings. The minimum Gasteiger partial charge on any atom is -0.507 e. The minimum absolute atomic E-state index is 0.0886. The lowest BCUT2D eigenvalue weighted by Crippen LogP contribution is -2.11. The average Bonchev–Trinajstić information content (AvgIpc) is 2.46. The van der Waals surface area contributed by atoms with E-state index in [2.05, 4.69) is 10.1 Å². The van der Waals surface area contributed by atoms with Gasteiger partial charge in [-0.1, -0.05) is 6.07 Å². The molecule has 0 amide bonds. The van der Waals surface area contributed by atoms with Gasteiger partial charge in [-0.3, -0.25) is 4.98 Å². The number of aromatic hydroxyl groups is 1. The van der Waals surface area contributed by atoms with Crippen LogP contribution in [0, 0.1) is 6.92 Å². The molecule has 20 heavy (non-hydrogen) atoms. The first-order chi connectivity index (χ1) is 9.70. The van der Waals surface area contributed by atoms with Gasteiger partial charge in [-0.2, -0.15) is 5.10 Å². The molecule has 0 aliphatic heterocycles. The molecule has 3 rings (SSSR count). The summed E-state index contributed by atoms with van der Waals surface area (Å²) < 4.78 is 5.59. The lowest BCUT2D eigenvalue weighted by Gasteiger charge is -2.06. The quantitative estimate of drug-likeness (QED) is 0.523. The molecule has 2 heterocycles. The van der Waals surface area contributed by atoms with Gasteiger partial charge in [-0.15, -0.1) is 0 Å². The minimum atomic E-state index is 0.0886. The number of benzene rings is 1. The van der Waals surface area contributed by atoms with Gasteiger partial charge >= 0.3 is 0 Å². The maximum atomic E-state index is 10.1. The van der Waals surface area contributed by atoms with Gasteiger partial charge in [0.1, 0.15) is 23.0 Å². The van der Waals surface area contributed by atoms with E-state index in [0.29, 0.717) is 27.6 Å². The summed E-state index contributed by atoms with van der Waals surface area (Å²) in [6.07, 6.45) is 3.23. The Labute approximate surface area is 115 Å². The number of nitrogens with two attached hydrogens (primary N) is 1. The van der Waals surface area contributed by atoms with Crippen LogP contribution in [0.3, 0.4) is 0 Å². The summed E-state index contributed by atoms with van der Waals surface area (Å²) in [4.78, 5) is 4.25. The number of hydrogen-bond acceptors (Lipinski definition) is 5. The SMILES string of the molecule is Cc1cc(O)c2/c(=N\N)c(-c3ccccn3)coc2c1. The number of fused-ring (bicyclic) bond motifs is 1. The van der Waals surface area contributed by atoms with Crippen molar-refractivity contribution in [2.45, 2.75) is 6.92 Å². The normalized spacial score (nSPS) is 11.9. The third-order valence-electron chi connectivity index (χ3n) is 3.09. The lowest BCUT2D eigenvalue weighted by atomic mass is 10.1. The fourth-order valence-electron chi connectivity index (χ4n) is 2.22. The van der Waals surface area contributed by atoms with E-state index in [4.69, 9.17) is 10.3 Å². The Balaban J connectivity index is 2.43. The average molecular weight is 267 g/mol. The summed E-state index contributed by atoms with van der Waals surface area (Å²) in [7, 11) is 0. The van der Waals surface area contributed by atoms with Crippen molar-refractivity contribution in [1.29, 1.82) is 0 Å². The molecule has 0 unspecified atom stereocenters. The van der Waals surface area contributed by atoms with E-state index in [1.807, 2.05) is 31.2 Å². The van der Waals surface area contributed by atoms with E-state index >= 15 is 0 Å². The molecule has 3 N–H and O–H groups in total. The van der Waals surface area contributed by atoms with Crippen LogP contribution in [-0.2, 0) is 0 Å². The third-order valence-corrected chi connectivity index (χ3v) is 3.09. The highest BCUT2D eigenvalue weighted by Gasteiger charge is 2.12. The van der Waals surface area contributed by atoms with Crippen molar-refractivity contribution >= 4 is 11.0 Å². The molecule has 5 heteroatoms. The first-order valence-electron chi connectivity index (χ1n) is 6.11. The summed E-state index contributed by atoms with van der Waals surface area (Å²) in [6.45, 7) is 1.88. The van der Waals surface area contributed by atoms with Gasteiger partial charge in [-0.25, -0.2) is 0 Å². The number of nitrogens with zero attached hydrogens (tertiary/aromatic N) is 2. The number of aromatic nitrogens is 1. The standard InChI is InChI=1S/C15H13N3O2/c1-9-6-12(19)14-13(7-9)20-8-10(15(14)18-16)11-4-2-3-5-17-11/h2-8,19H,16H2,1H3/b18-15-. The molecule has 1 aromatic carbocycles. The molecule has 0 atom stereocenters. The van der Waals surface area contributed by atoms with Crippen molar-refractivity contribution in [3.05, 3.63) is 53.7 Å². The van der Waals surface area contributed by atoms with Crippen molar-refractivity contribution in [2.75, 3.05) is 0 Å². The van der Waals surface area contributed by atoms with Crippen molar-refractivity contribution in [2.24, 2.45) is 10.9 Å². The number of pyridine rings is 1. The van der Waals surface area contributed by atoms with Gasteiger partial charge in [0.25, 0.3) is 0 Å². The zero-order chi connectivity index (χ0) is 14.1. The predicted octanol–water partition coefficient (Wildman–Crippen LogP) is 2.28. The third kappa shape index (κ3) is 1.89. The van der Waals surface area contributed by atoms with Crippen LogP contribution in [0.5, 0.6) is 5.75 Å². The molecule has 5 nitrogen and oxygen atoms in total. The van der Waals surface area contributed by atoms with Crippen molar-refractivity contribution < 1.29 is 9.52 Å². The first kappa shape index (κ1) is 12.2. The number of aryl methyl sites for hydroxylation is 1. The zero-order valence-corrected chi connectivity index (χ0v) is 10.9. The highest BCUT2D eigenvalue weighted by atomic mass is 16.3. The van der Waals surface area contributed by atoms with E-state index in [1.165, 1.54) is 0 Å². The number of phenolic OH excluding ortho intramolecular Hbond substituents is 1. The van der Waals surface area contributed by atoms with Crippen LogP contribution >= 0.6 is 0 Å². The highest BCUT2D eigenvalue weighted by Crippen LogP contribution is 2.26. The summed E-state index contributed by atoms with van der Waals surface area (Å²) in [5.41, 5.74) is 2.75. The van der Waals surface area contributed by atoms with E-state index in [1.54, 1.807) is 18.5 Å². The number of hydrogen-bond donors (Lipinski definition) is 2. The lowest BCUT2D eigenvalue weighted by molar-refractivity contribution is 0.479. The van der Waals surface area contributed by atoms with Gasteiger partial charge in [0.15, 0.2) is 0 Å². The second kappa shape index (κ2) is 4.70. The molecule has 0 radical (unpaired) electrons. The molecule has 0 bridgehead atoms. The molecule has 0 saturated heterocycles. The Morgan fingerprint density at radius 1 is 1.30 bits per heavy atom. The zero-order valence-electron chi connectivity index (χ0n) is 10.9.